The summed E-state index contributed by atoms with van der Waals surface area (Å²) in [6, 6.07) is 8.14. The van der Waals surface area contributed by atoms with Crippen LogP contribution in [0.4, 0.5) is 0 Å². The Bertz CT molecular complexity index is 636. The maximum atomic E-state index is 12.5. The zero-order chi connectivity index (χ0) is 14.7. The Balaban J connectivity index is 0.00000176. The smallest absolute Gasteiger partial charge is 0.273 e. The number of rotatable bonds is 2. The summed E-state index contributed by atoms with van der Waals surface area (Å²) in [5.74, 6) is 0.0507. The fraction of sp³-hybridized carbons (Fsp3) is 0.375. The first-order valence-corrected chi connectivity index (χ1v) is 8.15. The molecule has 1 fully saturated rings. The number of thiazole rings is 1. The fourth-order valence-electron chi connectivity index (χ4n) is 2.52. The number of nitrogens with zero attached hydrogens (tertiary/aromatic N) is 2. The van der Waals surface area contributed by atoms with Gasteiger partial charge in [-0.1, -0.05) is 24.3 Å². The van der Waals surface area contributed by atoms with E-state index < -0.39 is 0 Å². The molecule has 0 radical (unpaired) electrons. The third kappa shape index (κ3) is 3.66. The van der Waals surface area contributed by atoms with Crippen molar-refractivity contribution in [3.05, 3.63) is 40.9 Å². The maximum Gasteiger partial charge on any atom is 0.273 e. The molecule has 1 saturated heterocycles. The predicted molar refractivity (Wildman–Crippen MR) is 92.9 cm³/mol. The number of benzene rings is 1. The average molecular weight is 338 g/mol. The van der Waals surface area contributed by atoms with Crippen LogP contribution in [0, 0.1) is 6.92 Å². The molecule has 0 bridgehead atoms. The molecule has 22 heavy (non-hydrogen) atoms. The van der Waals surface area contributed by atoms with E-state index in [0.29, 0.717) is 5.69 Å². The van der Waals surface area contributed by atoms with Crippen LogP contribution in [0.3, 0.4) is 0 Å². The minimum Gasteiger partial charge on any atom is -0.336 e. The second-order valence-corrected chi connectivity index (χ2v) is 6.11. The molecule has 0 atom stereocenters. The van der Waals surface area contributed by atoms with Crippen molar-refractivity contribution in [1.82, 2.24) is 15.2 Å². The normalized spacial score (nSPS) is 15.0. The van der Waals surface area contributed by atoms with Gasteiger partial charge in [0.15, 0.2) is 0 Å². The predicted octanol–water partition coefficient (Wildman–Crippen LogP) is 2.98. The Kier molecular flexibility index (Phi) is 5.94. The highest BCUT2D eigenvalue weighted by molar-refractivity contribution is 7.13. The van der Waals surface area contributed by atoms with Gasteiger partial charge < -0.3 is 10.2 Å². The molecule has 1 amide bonds. The minimum atomic E-state index is 0. The summed E-state index contributed by atoms with van der Waals surface area (Å²) in [6.45, 7) is 5.48. The maximum absolute atomic E-state index is 12.5. The summed E-state index contributed by atoms with van der Waals surface area (Å²) in [7, 11) is 0. The van der Waals surface area contributed by atoms with Crippen LogP contribution in [-0.2, 0) is 0 Å². The van der Waals surface area contributed by atoms with E-state index in [1.54, 1.807) is 11.3 Å². The number of aromatic nitrogens is 1. The van der Waals surface area contributed by atoms with Crippen LogP contribution in [0.1, 0.15) is 22.5 Å². The molecular formula is C16H20ClN3OS. The first-order chi connectivity index (χ1) is 10.3. The summed E-state index contributed by atoms with van der Waals surface area (Å²) < 4.78 is 0. The summed E-state index contributed by atoms with van der Waals surface area (Å²) in [6.07, 6.45) is 1.00. The lowest BCUT2D eigenvalue weighted by Gasteiger charge is -2.18. The topological polar surface area (TPSA) is 45.2 Å². The Labute approximate surface area is 141 Å². The van der Waals surface area contributed by atoms with E-state index in [1.807, 2.05) is 22.4 Å². The molecule has 0 aliphatic carbocycles. The van der Waals surface area contributed by atoms with Crippen molar-refractivity contribution in [2.45, 2.75) is 13.3 Å². The zero-order valence-electron chi connectivity index (χ0n) is 12.5. The molecule has 3 rings (SSSR count). The lowest BCUT2D eigenvalue weighted by atomic mass is 10.1. The van der Waals surface area contributed by atoms with Crippen molar-refractivity contribution in [3.63, 3.8) is 0 Å². The summed E-state index contributed by atoms with van der Waals surface area (Å²) in [5.41, 5.74) is 2.86. The van der Waals surface area contributed by atoms with Crippen molar-refractivity contribution < 1.29 is 4.79 Å². The molecule has 6 heteroatoms. The quantitative estimate of drug-likeness (QED) is 0.916. The van der Waals surface area contributed by atoms with Gasteiger partial charge in [0.25, 0.3) is 5.91 Å². The van der Waals surface area contributed by atoms with Crippen molar-refractivity contribution in [2.24, 2.45) is 0 Å². The number of hydrogen-bond donors (Lipinski definition) is 1. The SMILES string of the molecule is Cc1ccccc1-c1nc(C(=O)N2CCCNCC2)cs1.Cl. The molecular weight excluding hydrogens is 318 g/mol. The molecule has 0 spiro atoms. The number of carbonyl (C=O) groups excluding carboxylic acids is 1. The Morgan fingerprint density at radius 3 is 2.91 bits per heavy atom. The summed E-state index contributed by atoms with van der Waals surface area (Å²) in [5, 5.41) is 6.11. The second kappa shape index (κ2) is 7.72. The van der Waals surface area contributed by atoms with Gasteiger partial charge >= 0.3 is 0 Å². The number of nitrogens with one attached hydrogen (secondary N) is 1. The van der Waals surface area contributed by atoms with Gasteiger partial charge in [0.05, 0.1) is 0 Å². The van der Waals surface area contributed by atoms with Gasteiger partial charge in [-0.05, 0) is 25.5 Å². The van der Waals surface area contributed by atoms with Crippen LogP contribution in [0.2, 0.25) is 0 Å². The molecule has 1 aliphatic rings. The van der Waals surface area contributed by atoms with Crippen LogP contribution >= 0.6 is 23.7 Å². The molecule has 0 unspecified atom stereocenters. The van der Waals surface area contributed by atoms with Gasteiger partial charge in [-0.2, -0.15) is 0 Å². The molecule has 1 aromatic carbocycles. The number of hydrogen-bond acceptors (Lipinski definition) is 4. The van der Waals surface area contributed by atoms with E-state index >= 15 is 0 Å². The third-order valence-electron chi connectivity index (χ3n) is 3.73. The van der Waals surface area contributed by atoms with Crippen LogP contribution in [-0.4, -0.2) is 42.0 Å². The second-order valence-electron chi connectivity index (χ2n) is 5.25. The van der Waals surface area contributed by atoms with E-state index in [0.717, 1.165) is 43.2 Å². The van der Waals surface area contributed by atoms with Gasteiger partial charge in [0, 0.05) is 30.6 Å². The van der Waals surface area contributed by atoms with E-state index in [1.165, 1.54) is 5.56 Å². The van der Waals surface area contributed by atoms with E-state index in [4.69, 9.17) is 0 Å². The number of aryl methyl sites for hydroxylation is 1. The monoisotopic (exact) mass is 337 g/mol. The van der Waals surface area contributed by atoms with Crippen LogP contribution in [0.5, 0.6) is 0 Å². The van der Waals surface area contributed by atoms with Crippen molar-refractivity contribution >= 4 is 29.7 Å². The Morgan fingerprint density at radius 1 is 1.27 bits per heavy atom. The Hall–Kier alpha value is -1.43. The highest BCUT2D eigenvalue weighted by Crippen LogP contribution is 2.27. The van der Waals surface area contributed by atoms with Crippen LogP contribution in [0.25, 0.3) is 10.6 Å². The Morgan fingerprint density at radius 2 is 2.09 bits per heavy atom. The van der Waals surface area contributed by atoms with Gasteiger partial charge in [-0.15, -0.1) is 23.7 Å². The first kappa shape index (κ1) is 16.9. The molecule has 118 valence electrons. The lowest BCUT2D eigenvalue weighted by Crippen LogP contribution is -2.34. The number of amides is 1. The molecule has 2 aromatic rings. The molecule has 1 N–H and O–H groups in total. The number of carbonyl (C=O) groups is 1. The highest BCUT2D eigenvalue weighted by Gasteiger charge is 2.20. The standard InChI is InChI=1S/C16H19N3OS.ClH/c1-12-5-2-3-6-13(12)15-18-14(11-21-15)16(20)19-9-4-7-17-8-10-19;/h2-3,5-6,11,17H,4,7-10H2,1H3;1H. The molecule has 4 nitrogen and oxygen atoms in total. The molecule has 2 heterocycles. The van der Waals surface area contributed by atoms with Gasteiger partial charge in [-0.3, -0.25) is 4.79 Å². The van der Waals surface area contributed by atoms with Crippen LogP contribution in [0.15, 0.2) is 29.6 Å². The van der Waals surface area contributed by atoms with Crippen LogP contribution < -0.4 is 5.32 Å². The van der Waals surface area contributed by atoms with E-state index in [9.17, 15) is 4.79 Å². The molecule has 1 aliphatic heterocycles. The van der Waals surface area contributed by atoms with Crippen molar-refractivity contribution in [2.75, 3.05) is 26.2 Å². The largest absolute Gasteiger partial charge is 0.336 e. The summed E-state index contributed by atoms with van der Waals surface area (Å²) in [4.78, 5) is 19.0. The number of halogens is 1. The van der Waals surface area contributed by atoms with E-state index in [-0.39, 0.29) is 18.3 Å². The van der Waals surface area contributed by atoms with E-state index in [2.05, 4.69) is 29.4 Å². The fourth-order valence-corrected chi connectivity index (χ4v) is 3.40. The van der Waals surface area contributed by atoms with Crippen molar-refractivity contribution in [1.29, 1.82) is 0 Å². The highest BCUT2D eigenvalue weighted by atomic mass is 35.5. The van der Waals surface area contributed by atoms with Gasteiger partial charge in [0.1, 0.15) is 10.7 Å². The third-order valence-corrected chi connectivity index (χ3v) is 4.60. The molecule has 0 saturated carbocycles. The molecule has 1 aromatic heterocycles. The zero-order valence-corrected chi connectivity index (χ0v) is 14.2. The first-order valence-electron chi connectivity index (χ1n) is 7.27. The lowest BCUT2D eigenvalue weighted by molar-refractivity contribution is 0.0761. The van der Waals surface area contributed by atoms with Gasteiger partial charge in [-0.25, -0.2) is 4.98 Å². The van der Waals surface area contributed by atoms with Crippen molar-refractivity contribution in [3.8, 4) is 10.6 Å². The average Bonchev–Trinajstić information content (AvgIpc) is 2.82. The van der Waals surface area contributed by atoms with Gasteiger partial charge in [0.2, 0.25) is 0 Å². The summed E-state index contributed by atoms with van der Waals surface area (Å²) >= 11 is 1.54. The minimum absolute atomic E-state index is 0.